The molecule has 1 aliphatic carbocycles. The van der Waals surface area contributed by atoms with Gasteiger partial charge in [-0.3, -0.25) is 9.59 Å². The van der Waals surface area contributed by atoms with E-state index in [1.165, 1.54) is 0 Å². The van der Waals surface area contributed by atoms with Crippen LogP contribution in [0.3, 0.4) is 0 Å². The van der Waals surface area contributed by atoms with Gasteiger partial charge in [0.2, 0.25) is 0 Å². The van der Waals surface area contributed by atoms with Crippen molar-refractivity contribution in [2.75, 3.05) is 7.11 Å². The maximum atomic E-state index is 12.0. The van der Waals surface area contributed by atoms with Gasteiger partial charge in [0.05, 0.1) is 7.11 Å². The average molecular weight is 232 g/mol. The molecular weight excluding hydrogens is 216 g/mol. The fourth-order valence-corrected chi connectivity index (χ4v) is 2.22. The van der Waals surface area contributed by atoms with Crippen LogP contribution in [0.1, 0.15) is 36.0 Å². The third-order valence-corrected chi connectivity index (χ3v) is 3.23. The van der Waals surface area contributed by atoms with Crippen LogP contribution in [0.15, 0.2) is 24.3 Å². The minimum atomic E-state index is 0.118. The van der Waals surface area contributed by atoms with Crippen molar-refractivity contribution in [3.8, 4) is 5.75 Å². The van der Waals surface area contributed by atoms with E-state index in [1.807, 2.05) is 0 Å². The molecule has 0 aliphatic heterocycles. The molecule has 3 heteroatoms. The predicted octanol–water partition coefficient (Wildman–Crippen LogP) is 2.64. The third-order valence-electron chi connectivity index (χ3n) is 3.23. The Bertz CT molecular complexity index is 420. The summed E-state index contributed by atoms with van der Waals surface area (Å²) < 4.78 is 5.04. The number of methoxy groups -OCH3 is 1. The van der Waals surface area contributed by atoms with Crippen LogP contribution in [-0.4, -0.2) is 18.7 Å². The Kier molecular flexibility index (Phi) is 3.57. The minimum Gasteiger partial charge on any atom is -0.497 e. The molecule has 0 spiro atoms. The molecule has 1 atom stereocenters. The van der Waals surface area contributed by atoms with Gasteiger partial charge in [0.15, 0.2) is 5.78 Å². The van der Waals surface area contributed by atoms with Crippen LogP contribution in [0.25, 0.3) is 0 Å². The molecule has 0 aromatic heterocycles. The summed E-state index contributed by atoms with van der Waals surface area (Å²) >= 11 is 0. The number of Topliss-reactive ketones (excluding diaryl/α,β-unsaturated/α-hetero) is 2. The fourth-order valence-electron chi connectivity index (χ4n) is 2.22. The molecular formula is C14H16O3. The average Bonchev–Trinajstić information content (AvgIpc) is 2.75. The molecule has 1 aliphatic rings. The fraction of sp³-hybridized carbons (Fsp3) is 0.429. The molecule has 0 heterocycles. The highest BCUT2D eigenvalue weighted by Gasteiger charge is 2.24. The number of ether oxygens (including phenoxy) is 1. The molecule has 0 amide bonds. The van der Waals surface area contributed by atoms with Crippen molar-refractivity contribution in [3.05, 3.63) is 29.8 Å². The maximum absolute atomic E-state index is 12.0. The van der Waals surface area contributed by atoms with Crippen LogP contribution >= 0.6 is 0 Å². The molecule has 1 aromatic carbocycles. The van der Waals surface area contributed by atoms with Gasteiger partial charge >= 0.3 is 0 Å². The van der Waals surface area contributed by atoms with E-state index in [9.17, 15) is 9.59 Å². The number of hydrogen-bond donors (Lipinski definition) is 0. The van der Waals surface area contributed by atoms with Crippen molar-refractivity contribution >= 4 is 11.6 Å². The quantitative estimate of drug-likeness (QED) is 0.749. The van der Waals surface area contributed by atoms with Crippen molar-refractivity contribution < 1.29 is 14.3 Å². The van der Waals surface area contributed by atoms with Crippen molar-refractivity contribution in [3.63, 3.8) is 0 Å². The van der Waals surface area contributed by atoms with Gasteiger partial charge in [0, 0.05) is 24.8 Å². The van der Waals surface area contributed by atoms with E-state index < -0.39 is 0 Å². The van der Waals surface area contributed by atoms with Crippen LogP contribution in [0.2, 0.25) is 0 Å². The lowest BCUT2D eigenvalue weighted by molar-refractivity contribution is -0.117. The van der Waals surface area contributed by atoms with Gasteiger partial charge in [-0.05, 0) is 36.6 Å². The van der Waals surface area contributed by atoms with Gasteiger partial charge in [-0.1, -0.05) is 0 Å². The number of hydrogen-bond acceptors (Lipinski definition) is 3. The summed E-state index contributed by atoms with van der Waals surface area (Å²) in [7, 11) is 1.60. The lowest BCUT2D eigenvalue weighted by Gasteiger charge is -2.07. The summed E-state index contributed by atoms with van der Waals surface area (Å²) in [4.78, 5) is 23.1. The van der Waals surface area contributed by atoms with Crippen molar-refractivity contribution in [2.24, 2.45) is 5.92 Å². The SMILES string of the molecule is COc1ccc(C(=O)CC2CCC(=O)C2)cc1. The highest BCUT2D eigenvalue weighted by Crippen LogP contribution is 2.26. The molecule has 1 aromatic rings. The molecule has 3 nitrogen and oxygen atoms in total. The highest BCUT2D eigenvalue weighted by molar-refractivity contribution is 5.96. The summed E-state index contributed by atoms with van der Waals surface area (Å²) in [6, 6.07) is 7.12. The zero-order chi connectivity index (χ0) is 12.3. The Balaban J connectivity index is 1.97. The standard InChI is InChI=1S/C14H16O3/c1-17-13-6-3-11(4-7-13)14(16)9-10-2-5-12(15)8-10/h3-4,6-7,10H,2,5,8-9H2,1H3. The van der Waals surface area contributed by atoms with E-state index in [0.29, 0.717) is 24.8 Å². The van der Waals surface area contributed by atoms with Crippen LogP contribution in [-0.2, 0) is 4.79 Å². The Morgan fingerprint density at radius 1 is 1.35 bits per heavy atom. The predicted molar refractivity (Wildman–Crippen MR) is 64.3 cm³/mol. The second-order valence-electron chi connectivity index (χ2n) is 4.50. The minimum absolute atomic E-state index is 0.118. The van der Waals surface area contributed by atoms with Crippen LogP contribution < -0.4 is 4.74 Å². The largest absolute Gasteiger partial charge is 0.497 e. The number of carbonyl (C=O) groups is 2. The monoisotopic (exact) mass is 232 g/mol. The van der Waals surface area contributed by atoms with Gasteiger partial charge in [-0.15, -0.1) is 0 Å². The van der Waals surface area contributed by atoms with Gasteiger partial charge < -0.3 is 4.74 Å². The Morgan fingerprint density at radius 2 is 2.06 bits per heavy atom. The zero-order valence-electron chi connectivity index (χ0n) is 9.94. The zero-order valence-corrected chi connectivity index (χ0v) is 9.94. The van der Waals surface area contributed by atoms with Crippen LogP contribution in [0.5, 0.6) is 5.75 Å². The van der Waals surface area contributed by atoms with E-state index in [0.717, 1.165) is 12.2 Å². The third kappa shape index (κ3) is 2.93. The van der Waals surface area contributed by atoms with Gasteiger partial charge in [0.25, 0.3) is 0 Å². The Morgan fingerprint density at radius 3 is 2.59 bits per heavy atom. The first kappa shape index (κ1) is 11.8. The van der Waals surface area contributed by atoms with E-state index in [1.54, 1.807) is 31.4 Å². The number of rotatable bonds is 4. The van der Waals surface area contributed by atoms with Gasteiger partial charge in [0.1, 0.15) is 11.5 Å². The van der Waals surface area contributed by atoms with Gasteiger partial charge in [-0.2, -0.15) is 0 Å². The van der Waals surface area contributed by atoms with E-state index in [2.05, 4.69) is 0 Å². The van der Waals surface area contributed by atoms with Crippen molar-refractivity contribution in [2.45, 2.75) is 25.7 Å². The first-order valence-electron chi connectivity index (χ1n) is 5.88. The molecule has 0 bridgehead atoms. The first-order chi connectivity index (χ1) is 8.19. The molecule has 0 saturated heterocycles. The number of benzene rings is 1. The lowest BCUT2D eigenvalue weighted by atomic mass is 9.97. The second-order valence-corrected chi connectivity index (χ2v) is 4.50. The van der Waals surface area contributed by atoms with Gasteiger partial charge in [-0.25, -0.2) is 0 Å². The molecule has 1 saturated carbocycles. The lowest BCUT2D eigenvalue weighted by Crippen LogP contribution is -2.06. The Labute approximate surface area is 101 Å². The molecule has 17 heavy (non-hydrogen) atoms. The summed E-state index contributed by atoms with van der Waals surface area (Å²) in [5, 5.41) is 0. The molecule has 90 valence electrons. The maximum Gasteiger partial charge on any atom is 0.163 e. The summed E-state index contributed by atoms with van der Waals surface area (Å²) in [6.07, 6.45) is 2.56. The van der Waals surface area contributed by atoms with E-state index >= 15 is 0 Å². The normalized spacial score (nSPS) is 19.4. The number of carbonyl (C=O) groups excluding carboxylic acids is 2. The van der Waals surface area contributed by atoms with Crippen LogP contribution in [0, 0.1) is 5.92 Å². The van der Waals surface area contributed by atoms with Crippen LogP contribution in [0.4, 0.5) is 0 Å². The molecule has 1 unspecified atom stereocenters. The van der Waals surface area contributed by atoms with Crippen molar-refractivity contribution in [1.29, 1.82) is 0 Å². The Hall–Kier alpha value is -1.64. The summed E-state index contributed by atoms with van der Waals surface area (Å²) in [6.45, 7) is 0. The topological polar surface area (TPSA) is 43.4 Å². The molecule has 2 rings (SSSR count). The first-order valence-corrected chi connectivity index (χ1v) is 5.88. The smallest absolute Gasteiger partial charge is 0.163 e. The van der Waals surface area contributed by atoms with Crippen molar-refractivity contribution in [1.82, 2.24) is 0 Å². The van der Waals surface area contributed by atoms with E-state index in [-0.39, 0.29) is 17.5 Å². The number of ketones is 2. The summed E-state index contributed by atoms with van der Waals surface area (Å²) in [5.41, 5.74) is 0.699. The molecule has 1 fully saturated rings. The summed E-state index contributed by atoms with van der Waals surface area (Å²) in [5.74, 6) is 1.40. The second kappa shape index (κ2) is 5.13. The molecule has 0 radical (unpaired) electrons. The highest BCUT2D eigenvalue weighted by atomic mass is 16.5. The van der Waals surface area contributed by atoms with E-state index in [4.69, 9.17) is 4.74 Å². The molecule has 0 N–H and O–H groups in total.